The van der Waals surface area contributed by atoms with Gasteiger partial charge in [0.05, 0.1) is 10.1 Å². The Morgan fingerprint density at radius 1 is 1.44 bits per heavy atom. The third kappa shape index (κ3) is 3.54. The maximum Gasteiger partial charge on any atom is 0.177 e. The van der Waals surface area contributed by atoms with Gasteiger partial charge in [-0.2, -0.15) is 0 Å². The van der Waals surface area contributed by atoms with Crippen LogP contribution in [-0.2, 0) is 15.5 Å². The van der Waals surface area contributed by atoms with Gasteiger partial charge in [-0.15, -0.1) is 11.3 Å². The molecule has 0 amide bonds. The van der Waals surface area contributed by atoms with E-state index in [0.717, 1.165) is 24.2 Å². The van der Waals surface area contributed by atoms with E-state index in [2.05, 4.69) is 0 Å². The summed E-state index contributed by atoms with van der Waals surface area (Å²) in [5, 5.41) is 0.0515. The van der Waals surface area contributed by atoms with Crippen molar-refractivity contribution in [1.82, 2.24) is 0 Å². The Balaban J connectivity index is 1.98. The molecular formula is C11H12Cl2O3S2. The fourth-order valence-electron chi connectivity index (χ4n) is 1.79. The molecule has 0 aromatic carbocycles. The number of hydrogen-bond donors (Lipinski definition) is 0. The van der Waals surface area contributed by atoms with Crippen LogP contribution >= 0.6 is 34.5 Å². The lowest BCUT2D eigenvalue weighted by Gasteiger charge is -2.20. The molecule has 1 atom stereocenters. The van der Waals surface area contributed by atoms with E-state index in [1.165, 1.54) is 6.07 Å². The monoisotopic (exact) mass is 326 g/mol. The largest absolute Gasteiger partial charge is 0.381 e. The summed E-state index contributed by atoms with van der Waals surface area (Å²) in [5.74, 6) is -0.190. The zero-order chi connectivity index (χ0) is 13.1. The summed E-state index contributed by atoms with van der Waals surface area (Å²) in [6.07, 6.45) is 1.50. The van der Waals surface area contributed by atoms with Crippen molar-refractivity contribution in [1.29, 1.82) is 0 Å². The Kier molecular flexibility index (Phi) is 5.21. The van der Waals surface area contributed by atoms with Crippen molar-refractivity contribution in [2.75, 3.05) is 19.0 Å². The van der Waals surface area contributed by atoms with E-state index in [0.29, 0.717) is 27.4 Å². The molecule has 1 aromatic rings. The molecular weight excluding hydrogens is 315 g/mol. The summed E-state index contributed by atoms with van der Waals surface area (Å²) in [6, 6.07) is 1.54. The van der Waals surface area contributed by atoms with Gasteiger partial charge in [0.2, 0.25) is 0 Å². The normalized spacial score (nSPS) is 18.8. The maximum absolute atomic E-state index is 12.1. The highest BCUT2D eigenvalue weighted by molar-refractivity contribution is 7.86. The van der Waals surface area contributed by atoms with Crippen LogP contribution in [0.4, 0.5) is 0 Å². The Bertz CT molecular complexity index is 467. The van der Waals surface area contributed by atoms with Gasteiger partial charge in [0.1, 0.15) is 4.34 Å². The average Bonchev–Trinajstić information content (AvgIpc) is 2.69. The van der Waals surface area contributed by atoms with Crippen molar-refractivity contribution >= 4 is 51.1 Å². The number of carbonyl (C=O) groups excluding carboxylic acids is 1. The van der Waals surface area contributed by atoms with Gasteiger partial charge < -0.3 is 4.74 Å². The standard InChI is InChI=1S/C11H12Cl2O3S2/c12-10-5-8(11(13)17-10)9(14)6-18(15)7-1-3-16-4-2-7/h5,7H,1-4,6H2. The van der Waals surface area contributed by atoms with Crippen molar-refractivity contribution < 1.29 is 13.7 Å². The van der Waals surface area contributed by atoms with E-state index in [9.17, 15) is 9.00 Å². The van der Waals surface area contributed by atoms with E-state index in [4.69, 9.17) is 27.9 Å². The highest BCUT2D eigenvalue weighted by Crippen LogP contribution is 2.31. The second-order valence-electron chi connectivity index (χ2n) is 4.00. The smallest absolute Gasteiger partial charge is 0.177 e. The fraction of sp³-hybridized carbons (Fsp3) is 0.545. The number of carbonyl (C=O) groups is 1. The quantitative estimate of drug-likeness (QED) is 0.798. The van der Waals surface area contributed by atoms with Gasteiger partial charge in [0.25, 0.3) is 0 Å². The van der Waals surface area contributed by atoms with Gasteiger partial charge in [0, 0.05) is 34.8 Å². The van der Waals surface area contributed by atoms with Crippen LogP contribution in [0.15, 0.2) is 6.07 Å². The van der Waals surface area contributed by atoms with E-state index >= 15 is 0 Å². The molecule has 7 heteroatoms. The lowest BCUT2D eigenvalue weighted by molar-refractivity contribution is 0.0980. The van der Waals surface area contributed by atoms with Gasteiger partial charge in [-0.25, -0.2) is 0 Å². The molecule has 0 N–H and O–H groups in total. The predicted molar refractivity (Wildman–Crippen MR) is 75.5 cm³/mol. The van der Waals surface area contributed by atoms with Crippen LogP contribution in [0.2, 0.25) is 8.67 Å². The van der Waals surface area contributed by atoms with Gasteiger partial charge >= 0.3 is 0 Å². The Labute approximate surface area is 122 Å². The molecule has 0 spiro atoms. The van der Waals surface area contributed by atoms with Gasteiger partial charge in [-0.3, -0.25) is 9.00 Å². The summed E-state index contributed by atoms with van der Waals surface area (Å²) in [5.41, 5.74) is 0.382. The molecule has 1 aliphatic rings. The summed E-state index contributed by atoms with van der Waals surface area (Å²) in [4.78, 5) is 12.0. The van der Waals surface area contributed by atoms with Crippen LogP contribution in [-0.4, -0.2) is 34.2 Å². The third-order valence-electron chi connectivity index (χ3n) is 2.77. The highest BCUT2D eigenvalue weighted by Gasteiger charge is 2.24. The molecule has 3 nitrogen and oxygen atoms in total. The SMILES string of the molecule is O=C(CS(=O)C1CCOCC1)c1cc(Cl)sc1Cl. The van der Waals surface area contributed by atoms with Crippen molar-refractivity contribution in [3.63, 3.8) is 0 Å². The van der Waals surface area contributed by atoms with Crippen LogP contribution in [0.1, 0.15) is 23.2 Å². The zero-order valence-corrected chi connectivity index (χ0v) is 12.6. The van der Waals surface area contributed by atoms with Crippen LogP contribution in [0.25, 0.3) is 0 Å². The zero-order valence-electron chi connectivity index (χ0n) is 9.49. The van der Waals surface area contributed by atoms with E-state index in [1.807, 2.05) is 0 Å². The first-order valence-corrected chi connectivity index (χ1v) is 8.46. The number of ether oxygens (including phenoxy) is 1. The van der Waals surface area contributed by atoms with Crippen LogP contribution in [0, 0.1) is 0 Å². The summed E-state index contributed by atoms with van der Waals surface area (Å²) in [6.45, 7) is 1.24. The molecule has 2 heterocycles. The van der Waals surface area contributed by atoms with Gasteiger partial charge in [0.15, 0.2) is 5.78 Å². The van der Waals surface area contributed by atoms with E-state index in [-0.39, 0.29) is 16.8 Å². The molecule has 0 bridgehead atoms. The summed E-state index contributed by atoms with van der Waals surface area (Å²) in [7, 11) is -1.16. The average molecular weight is 327 g/mol. The lowest BCUT2D eigenvalue weighted by atomic mass is 10.2. The number of halogens is 2. The Morgan fingerprint density at radius 2 is 2.11 bits per heavy atom. The molecule has 1 aromatic heterocycles. The summed E-state index contributed by atoms with van der Waals surface area (Å²) >= 11 is 12.8. The first kappa shape index (κ1) is 14.5. The predicted octanol–water partition coefficient (Wildman–Crippen LogP) is 3.17. The minimum absolute atomic E-state index is 0.0114. The fourth-order valence-corrected chi connectivity index (χ4v) is 4.66. The number of rotatable bonds is 4. The molecule has 1 aliphatic heterocycles. The van der Waals surface area contributed by atoms with Gasteiger partial charge in [-0.05, 0) is 18.9 Å². The van der Waals surface area contributed by atoms with Crippen molar-refractivity contribution in [2.45, 2.75) is 18.1 Å². The lowest BCUT2D eigenvalue weighted by Crippen LogP contribution is -2.28. The van der Waals surface area contributed by atoms with E-state index in [1.54, 1.807) is 0 Å². The van der Waals surface area contributed by atoms with Crippen molar-refractivity contribution in [3.8, 4) is 0 Å². The number of thiophene rings is 1. The molecule has 2 rings (SSSR count). The molecule has 18 heavy (non-hydrogen) atoms. The summed E-state index contributed by atoms with van der Waals surface area (Å²) < 4.78 is 18.1. The molecule has 1 unspecified atom stereocenters. The Hall–Kier alpha value is 0.0600. The highest BCUT2D eigenvalue weighted by atomic mass is 35.5. The first-order chi connectivity index (χ1) is 8.58. The second-order valence-corrected chi connectivity index (χ2v) is 8.00. The molecule has 100 valence electrons. The molecule has 0 aliphatic carbocycles. The van der Waals surface area contributed by atoms with Crippen LogP contribution in [0.3, 0.4) is 0 Å². The molecule has 1 saturated heterocycles. The third-order valence-corrected chi connectivity index (χ3v) is 6.02. The van der Waals surface area contributed by atoms with Gasteiger partial charge in [-0.1, -0.05) is 23.2 Å². The molecule has 0 saturated carbocycles. The minimum Gasteiger partial charge on any atom is -0.381 e. The Morgan fingerprint density at radius 3 is 2.67 bits per heavy atom. The number of Topliss-reactive ketones (excluding diaryl/α,β-unsaturated/α-hetero) is 1. The van der Waals surface area contributed by atoms with Crippen molar-refractivity contribution in [2.24, 2.45) is 0 Å². The van der Waals surface area contributed by atoms with Crippen molar-refractivity contribution in [3.05, 3.63) is 20.3 Å². The topological polar surface area (TPSA) is 43.4 Å². The van der Waals surface area contributed by atoms with E-state index < -0.39 is 10.8 Å². The first-order valence-electron chi connectivity index (χ1n) is 5.51. The minimum atomic E-state index is -1.16. The number of ketones is 1. The van der Waals surface area contributed by atoms with Crippen LogP contribution in [0.5, 0.6) is 0 Å². The number of hydrogen-bond acceptors (Lipinski definition) is 4. The molecule has 1 fully saturated rings. The second kappa shape index (κ2) is 6.48. The molecule has 0 radical (unpaired) electrons. The maximum atomic E-state index is 12.1. The van der Waals surface area contributed by atoms with Crippen LogP contribution < -0.4 is 0 Å².